The van der Waals surface area contributed by atoms with Crippen LogP contribution in [0.5, 0.6) is 0 Å². The first-order chi connectivity index (χ1) is 7.66. The number of nitrogens with two attached hydrogens (primary N) is 1. The van der Waals surface area contributed by atoms with Crippen LogP contribution in [0.1, 0.15) is 12.0 Å². The van der Waals surface area contributed by atoms with Crippen molar-refractivity contribution in [3.63, 3.8) is 0 Å². The van der Waals surface area contributed by atoms with Crippen LogP contribution < -0.4 is 5.73 Å². The summed E-state index contributed by atoms with van der Waals surface area (Å²) in [4.78, 5) is 2.30. The van der Waals surface area contributed by atoms with Crippen LogP contribution in [0.2, 0.25) is 0 Å². The second kappa shape index (κ2) is 5.06. The Hall–Kier alpha value is -0.740. The molecule has 1 atom stereocenters. The minimum absolute atomic E-state index is 0.225. The van der Waals surface area contributed by atoms with Gasteiger partial charge < -0.3 is 5.73 Å². The first-order valence-electron chi connectivity index (χ1n) is 5.48. The first-order valence-corrected chi connectivity index (χ1v) is 6.64. The summed E-state index contributed by atoms with van der Waals surface area (Å²) in [6.07, 6.45) is 1.23. The number of anilines is 1. The Morgan fingerprint density at radius 3 is 3.00 bits per heavy atom. The summed E-state index contributed by atoms with van der Waals surface area (Å²) in [7, 11) is 2.10. The van der Waals surface area contributed by atoms with E-state index in [-0.39, 0.29) is 11.5 Å². The number of hydrogen-bond donors (Lipinski definition) is 1. The number of halogens is 1. The van der Waals surface area contributed by atoms with Crippen molar-refractivity contribution in [2.75, 3.05) is 24.3 Å². The van der Waals surface area contributed by atoms with Crippen LogP contribution in [0.4, 0.5) is 10.1 Å². The third-order valence-corrected chi connectivity index (χ3v) is 4.17. The maximum Gasteiger partial charge on any atom is 0.146 e. The van der Waals surface area contributed by atoms with Crippen molar-refractivity contribution in [2.24, 2.45) is 0 Å². The Balaban J connectivity index is 1.99. The highest BCUT2D eigenvalue weighted by atomic mass is 32.2. The molecule has 0 spiro atoms. The molecule has 1 aliphatic heterocycles. The van der Waals surface area contributed by atoms with Crippen LogP contribution in [0.15, 0.2) is 18.2 Å². The molecule has 0 radical (unpaired) electrons. The highest BCUT2D eigenvalue weighted by molar-refractivity contribution is 7.99. The van der Waals surface area contributed by atoms with Crippen LogP contribution >= 0.6 is 11.8 Å². The van der Waals surface area contributed by atoms with Gasteiger partial charge in [0.25, 0.3) is 0 Å². The minimum atomic E-state index is -0.313. The van der Waals surface area contributed by atoms with Gasteiger partial charge in [-0.15, -0.1) is 0 Å². The van der Waals surface area contributed by atoms with Gasteiger partial charge in [-0.25, -0.2) is 4.39 Å². The Morgan fingerprint density at radius 2 is 2.38 bits per heavy atom. The molecular formula is C12H17FN2S. The Labute approximate surface area is 100 Å². The zero-order chi connectivity index (χ0) is 11.5. The van der Waals surface area contributed by atoms with E-state index in [1.54, 1.807) is 6.07 Å². The molecule has 1 aromatic rings. The summed E-state index contributed by atoms with van der Waals surface area (Å²) in [5.74, 6) is 2.12. The maximum absolute atomic E-state index is 13.3. The van der Waals surface area contributed by atoms with Gasteiger partial charge in [-0.05, 0) is 36.9 Å². The number of nitrogen functional groups attached to an aromatic ring is 1. The molecule has 0 aromatic heterocycles. The molecule has 1 aromatic carbocycles. The highest BCUT2D eigenvalue weighted by Gasteiger charge is 2.19. The molecule has 2 nitrogen and oxygen atoms in total. The fourth-order valence-electron chi connectivity index (χ4n) is 1.96. The van der Waals surface area contributed by atoms with E-state index in [2.05, 4.69) is 11.9 Å². The molecule has 0 aliphatic carbocycles. The molecule has 1 heterocycles. The molecule has 88 valence electrons. The fourth-order valence-corrected chi connectivity index (χ4v) is 3.25. The summed E-state index contributed by atoms with van der Waals surface area (Å²) >= 11 is 1.99. The third kappa shape index (κ3) is 2.68. The lowest BCUT2D eigenvalue weighted by Gasteiger charge is -2.23. The largest absolute Gasteiger partial charge is 0.396 e. The highest BCUT2D eigenvalue weighted by Crippen LogP contribution is 2.23. The van der Waals surface area contributed by atoms with Gasteiger partial charge in [-0.1, -0.05) is 6.07 Å². The lowest BCUT2D eigenvalue weighted by Crippen LogP contribution is -2.30. The zero-order valence-electron chi connectivity index (χ0n) is 9.45. The fraction of sp³-hybridized carbons (Fsp3) is 0.500. The third-order valence-electron chi connectivity index (χ3n) is 3.03. The second-order valence-electron chi connectivity index (χ2n) is 4.29. The molecule has 1 fully saturated rings. The predicted molar refractivity (Wildman–Crippen MR) is 68.0 cm³/mol. The van der Waals surface area contributed by atoms with Crippen LogP contribution in [-0.2, 0) is 6.54 Å². The number of nitrogens with zero attached hydrogens (tertiary/aromatic N) is 1. The monoisotopic (exact) mass is 240 g/mol. The van der Waals surface area contributed by atoms with Gasteiger partial charge in [0.15, 0.2) is 0 Å². The van der Waals surface area contributed by atoms with Gasteiger partial charge in [-0.2, -0.15) is 11.8 Å². The van der Waals surface area contributed by atoms with Crippen molar-refractivity contribution in [3.8, 4) is 0 Å². The molecule has 1 saturated heterocycles. The van der Waals surface area contributed by atoms with E-state index < -0.39 is 0 Å². The van der Waals surface area contributed by atoms with Crippen LogP contribution in [0.25, 0.3) is 0 Å². The second-order valence-corrected chi connectivity index (χ2v) is 5.44. The summed E-state index contributed by atoms with van der Waals surface area (Å²) in [6, 6.07) is 5.71. The van der Waals surface area contributed by atoms with Crippen molar-refractivity contribution < 1.29 is 4.39 Å². The van der Waals surface area contributed by atoms with E-state index in [4.69, 9.17) is 5.73 Å². The van der Waals surface area contributed by atoms with Gasteiger partial charge in [0, 0.05) is 18.3 Å². The van der Waals surface area contributed by atoms with E-state index in [1.165, 1.54) is 24.0 Å². The Bertz CT molecular complexity index is 364. The summed E-state index contributed by atoms with van der Waals surface area (Å²) in [5.41, 5.74) is 6.67. The molecule has 4 heteroatoms. The molecule has 1 unspecified atom stereocenters. The normalized spacial score (nSPS) is 20.6. The van der Waals surface area contributed by atoms with E-state index in [0.717, 1.165) is 12.1 Å². The number of thioether (sulfide) groups is 1. The molecule has 2 rings (SSSR count). The van der Waals surface area contributed by atoms with Gasteiger partial charge in [0.05, 0.1) is 5.69 Å². The molecule has 0 amide bonds. The van der Waals surface area contributed by atoms with Crippen LogP contribution in [0.3, 0.4) is 0 Å². The average Bonchev–Trinajstić information content (AvgIpc) is 2.77. The molecular weight excluding hydrogens is 223 g/mol. The van der Waals surface area contributed by atoms with E-state index in [9.17, 15) is 4.39 Å². The van der Waals surface area contributed by atoms with Gasteiger partial charge in [-0.3, -0.25) is 4.90 Å². The van der Waals surface area contributed by atoms with Crippen molar-refractivity contribution in [1.29, 1.82) is 0 Å². The topological polar surface area (TPSA) is 29.3 Å². The van der Waals surface area contributed by atoms with E-state index in [1.807, 2.05) is 17.8 Å². The Kier molecular flexibility index (Phi) is 3.71. The van der Waals surface area contributed by atoms with Gasteiger partial charge in [0.1, 0.15) is 5.82 Å². The Morgan fingerprint density at radius 1 is 1.56 bits per heavy atom. The first kappa shape index (κ1) is 11.7. The molecule has 0 bridgehead atoms. The van der Waals surface area contributed by atoms with E-state index in [0.29, 0.717) is 6.04 Å². The van der Waals surface area contributed by atoms with Gasteiger partial charge >= 0.3 is 0 Å². The maximum atomic E-state index is 13.3. The smallest absolute Gasteiger partial charge is 0.146 e. The van der Waals surface area contributed by atoms with E-state index >= 15 is 0 Å². The van der Waals surface area contributed by atoms with Crippen molar-refractivity contribution >= 4 is 17.4 Å². The molecule has 0 saturated carbocycles. The molecule has 1 aliphatic rings. The standard InChI is InChI=1S/C12H17FN2S/c1-15(10-4-5-16-8-10)7-9-2-3-12(14)11(13)6-9/h2-3,6,10H,4-5,7-8,14H2,1H3. The molecule has 16 heavy (non-hydrogen) atoms. The summed E-state index contributed by atoms with van der Waals surface area (Å²) in [5, 5.41) is 0. The number of benzene rings is 1. The van der Waals surface area contributed by atoms with Crippen LogP contribution in [-0.4, -0.2) is 29.5 Å². The quantitative estimate of drug-likeness (QED) is 0.822. The average molecular weight is 240 g/mol. The zero-order valence-corrected chi connectivity index (χ0v) is 10.3. The summed E-state index contributed by atoms with van der Waals surface area (Å²) < 4.78 is 13.3. The van der Waals surface area contributed by atoms with Gasteiger partial charge in [0.2, 0.25) is 0 Å². The van der Waals surface area contributed by atoms with Crippen molar-refractivity contribution in [3.05, 3.63) is 29.6 Å². The van der Waals surface area contributed by atoms with Crippen molar-refractivity contribution in [1.82, 2.24) is 4.90 Å². The number of rotatable bonds is 3. The molecule has 2 N–H and O–H groups in total. The summed E-state index contributed by atoms with van der Waals surface area (Å²) in [6.45, 7) is 0.794. The number of hydrogen-bond acceptors (Lipinski definition) is 3. The van der Waals surface area contributed by atoms with Crippen LogP contribution in [0, 0.1) is 5.82 Å². The van der Waals surface area contributed by atoms with Crippen molar-refractivity contribution in [2.45, 2.75) is 19.0 Å². The SMILES string of the molecule is CN(Cc1ccc(N)c(F)c1)C1CCSC1. The lowest BCUT2D eigenvalue weighted by atomic mass is 10.1. The minimum Gasteiger partial charge on any atom is -0.396 e. The lowest BCUT2D eigenvalue weighted by molar-refractivity contribution is 0.254. The predicted octanol–water partition coefficient (Wildman–Crippen LogP) is 2.35.